The van der Waals surface area contributed by atoms with Gasteiger partial charge in [-0.2, -0.15) is 0 Å². The molecule has 1 aromatic rings. The van der Waals surface area contributed by atoms with Crippen molar-refractivity contribution in [1.29, 1.82) is 0 Å². The summed E-state index contributed by atoms with van der Waals surface area (Å²) in [5.74, 6) is 0.812. The highest BCUT2D eigenvalue weighted by atomic mass is 32.2. The quantitative estimate of drug-likeness (QED) is 0.839. The van der Waals surface area contributed by atoms with Crippen molar-refractivity contribution < 1.29 is 4.79 Å². The van der Waals surface area contributed by atoms with E-state index in [2.05, 4.69) is 36.5 Å². The Kier molecular flexibility index (Phi) is 5.28. The van der Waals surface area contributed by atoms with E-state index in [-0.39, 0.29) is 5.91 Å². The Balaban J connectivity index is 1.85. The van der Waals surface area contributed by atoms with Crippen LogP contribution in [0.2, 0.25) is 0 Å². The summed E-state index contributed by atoms with van der Waals surface area (Å²) in [4.78, 5) is 15.5. The van der Waals surface area contributed by atoms with E-state index < -0.39 is 0 Å². The molecule has 2 rings (SSSR count). The first-order valence-corrected chi connectivity index (χ1v) is 7.83. The normalized spacial score (nSPS) is 18.8. The van der Waals surface area contributed by atoms with Gasteiger partial charge in [0.2, 0.25) is 5.91 Å². The number of hydrogen-bond acceptors (Lipinski definition) is 3. The van der Waals surface area contributed by atoms with E-state index in [0.29, 0.717) is 11.8 Å². The van der Waals surface area contributed by atoms with Gasteiger partial charge in [0.05, 0.1) is 5.75 Å². The molecule has 0 radical (unpaired) electrons. The fourth-order valence-corrected chi connectivity index (χ4v) is 3.26. The predicted molar refractivity (Wildman–Crippen MR) is 80.6 cm³/mol. The average molecular weight is 278 g/mol. The minimum atomic E-state index is 0.267. The summed E-state index contributed by atoms with van der Waals surface area (Å²) in [6.07, 6.45) is 2.26. The van der Waals surface area contributed by atoms with Gasteiger partial charge in [0.1, 0.15) is 0 Å². The number of amides is 1. The van der Waals surface area contributed by atoms with Gasteiger partial charge < -0.3 is 10.2 Å². The van der Waals surface area contributed by atoms with Crippen molar-refractivity contribution in [3.8, 4) is 0 Å². The second kappa shape index (κ2) is 6.96. The van der Waals surface area contributed by atoms with Gasteiger partial charge in [-0.1, -0.05) is 17.7 Å². The number of nitrogens with one attached hydrogen (secondary N) is 1. The number of carbonyl (C=O) groups excluding carboxylic acids is 1. The molecule has 1 atom stereocenters. The van der Waals surface area contributed by atoms with E-state index in [1.54, 1.807) is 11.8 Å². The van der Waals surface area contributed by atoms with Crippen LogP contribution in [-0.4, -0.2) is 42.7 Å². The zero-order chi connectivity index (χ0) is 13.7. The molecule has 1 saturated heterocycles. The number of carbonyl (C=O) groups is 1. The fourth-order valence-electron chi connectivity index (χ4n) is 2.47. The number of likely N-dealkylation sites (tertiary alicyclic amines) is 1. The van der Waals surface area contributed by atoms with Crippen LogP contribution in [-0.2, 0) is 4.79 Å². The van der Waals surface area contributed by atoms with Crippen molar-refractivity contribution >= 4 is 17.7 Å². The molecule has 0 aliphatic carbocycles. The van der Waals surface area contributed by atoms with Gasteiger partial charge in [0, 0.05) is 24.0 Å². The van der Waals surface area contributed by atoms with Gasteiger partial charge >= 0.3 is 0 Å². The lowest BCUT2D eigenvalue weighted by Crippen LogP contribution is -2.41. The first kappa shape index (κ1) is 14.4. The van der Waals surface area contributed by atoms with Crippen LogP contribution in [0.15, 0.2) is 29.2 Å². The van der Waals surface area contributed by atoms with Gasteiger partial charge in [0.15, 0.2) is 0 Å². The van der Waals surface area contributed by atoms with E-state index in [4.69, 9.17) is 0 Å². The standard InChI is InChI=1S/C15H22N2OS/c1-12-5-7-14(8-6-12)19-11-15(18)17-9-3-4-13(17)10-16-2/h5-8,13,16H,3-4,9-11H2,1-2H3. The Labute approximate surface area is 119 Å². The number of hydrogen-bond donors (Lipinski definition) is 1. The molecule has 1 aliphatic heterocycles. The van der Waals surface area contributed by atoms with Crippen LogP contribution in [0.5, 0.6) is 0 Å². The summed E-state index contributed by atoms with van der Waals surface area (Å²) >= 11 is 1.63. The molecule has 3 nitrogen and oxygen atoms in total. The maximum absolute atomic E-state index is 12.2. The summed E-state index contributed by atoms with van der Waals surface area (Å²) < 4.78 is 0. The third-order valence-corrected chi connectivity index (χ3v) is 4.52. The van der Waals surface area contributed by atoms with E-state index in [1.807, 2.05) is 11.9 Å². The highest BCUT2D eigenvalue weighted by Crippen LogP contribution is 2.22. The number of aryl methyl sites for hydroxylation is 1. The van der Waals surface area contributed by atoms with Crippen LogP contribution in [0.25, 0.3) is 0 Å². The van der Waals surface area contributed by atoms with Gasteiger partial charge in [0.25, 0.3) is 0 Å². The number of rotatable bonds is 5. The average Bonchev–Trinajstić information content (AvgIpc) is 2.86. The number of likely N-dealkylation sites (N-methyl/N-ethyl adjacent to an activating group) is 1. The van der Waals surface area contributed by atoms with Gasteiger partial charge in [-0.15, -0.1) is 11.8 Å². The lowest BCUT2D eigenvalue weighted by Gasteiger charge is -2.24. The second-order valence-electron chi connectivity index (χ2n) is 5.04. The lowest BCUT2D eigenvalue weighted by molar-refractivity contribution is -0.129. The molecule has 0 bridgehead atoms. The molecule has 1 N–H and O–H groups in total. The minimum absolute atomic E-state index is 0.267. The Bertz CT molecular complexity index is 419. The lowest BCUT2D eigenvalue weighted by atomic mass is 10.2. The molecule has 19 heavy (non-hydrogen) atoms. The van der Waals surface area contributed by atoms with Crippen molar-refractivity contribution in [2.24, 2.45) is 0 Å². The molecule has 0 saturated carbocycles. The summed E-state index contributed by atoms with van der Waals surface area (Å²) in [5, 5.41) is 3.17. The highest BCUT2D eigenvalue weighted by Gasteiger charge is 2.27. The van der Waals surface area contributed by atoms with Crippen LogP contribution in [0.4, 0.5) is 0 Å². The molecule has 104 valence electrons. The molecule has 1 amide bonds. The maximum Gasteiger partial charge on any atom is 0.233 e. The van der Waals surface area contributed by atoms with E-state index >= 15 is 0 Å². The molecule has 0 aromatic heterocycles. The first-order chi connectivity index (χ1) is 9.20. The summed E-state index contributed by atoms with van der Waals surface area (Å²) in [6, 6.07) is 8.74. The van der Waals surface area contributed by atoms with Gasteiger partial charge in [-0.3, -0.25) is 4.79 Å². The zero-order valence-electron chi connectivity index (χ0n) is 11.7. The Morgan fingerprint density at radius 2 is 2.16 bits per heavy atom. The molecular weight excluding hydrogens is 256 g/mol. The van der Waals surface area contributed by atoms with E-state index in [9.17, 15) is 4.79 Å². The number of nitrogens with zero attached hydrogens (tertiary/aromatic N) is 1. The third kappa shape index (κ3) is 3.98. The van der Waals surface area contributed by atoms with Gasteiger partial charge in [-0.05, 0) is 38.9 Å². The summed E-state index contributed by atoms with van der Waals surface area (Å²) in [7, 11) is 1.95. The Morgan fingerprint density at radius 1 is 1.42 bits per heavy atom. The van der Waals surface area contributed by atoms with Crippen LogP contribution in [0.1, 0.15) is 18.4 Å². The van der Waals surface area contributed by atoms with Crippen molar-refractivity contribution in [3.63, 3.8) is 0 Å². The number of benzene rings is 1. The van der Waals surface area contributed by atoms with Crippen molar-refractivity contribution in [1.82, 2.24) is 10.2 Å². The van der Waals surface area contributed by atoms with Crippen LogP contribution >= 0.6 is 11.8 Å². The molecule has 1 heterocycles. The Hall–Kier alpha value is -1.00. The van der Waals surface area contributed by atoms with Crippen molar-refractivity contribution in [3.05, 3.63) is 29.8 Å². The minimum Gasteiger partial charge on any atom is -0.338 e. The van der Waals surface area contributed by atoms with Crippen LogP contribution in [0.3, 0.4) is 0 Å². The molecule has 4 heteroatoms. The fraction of sp³-hybridized carbons (Fsp3) is 0.533. The van der Waals surface area contributed by atoms with Gasteiger partial charge in [-0.25, -0.2) is 0 Å². The molecule has 1 aromatic carbocycles. The molecule has 1 fully saturated rings. The SMILES string of the molecule is CNCC1CCCN1C(=O)CSc1ccc(C)cc1. The molecular formula is C15H22N2OS. The van der Waals surface area contributed by atoms with Crippen molar-refractivity contribution in [2.75, 3.05) is 25.9 Å². The topological polar surface area (TPSA) is 32.3 Å². The van der Waals surface area contributed by atoms with E-state index in [1.165, 1.54) is 10.5 Å². The summed E-state index contributed by atoms with van der Waals surface area (Å²) in [6.45, 7) is 3.90. The zero-order valence-corrected chi connectivity index (χ0v) is 12.5. The monoisotopic (exact) mass is 278 g/mol. The highest BCUT2D eigenvalue weighted by molar-refractivity contribution is 8.00. The molecule has 1 aliphatic rings. The largest absolute Gasteiger partial charge is 0.338 e. The predicted octanol–water partition coefficient (Wildman–Crippen LogP) is 2.30. The Morgan fingerprint density at radius 3 is 2.84 bits per heavy atom. The van der Waals surface area contributed by atoms with Crippen LogP contribution < -0.4 is 5.32 Å². The molecule has 1 unspecified atom stereocenters. The second-order valence-corrected chi connectivity index (χ2v) is 6.09. The van der Waals surface area contributed by atoms with Crippen molar-refractivity contribution in [2.45, 2.75) is 30.7 Å². The van der Waals surface area contributed by atoms with Crippen LogP contribution in [0, 0.1) is 6.92 Å². The first-order valence-electron chi connectivity index (χ1n) is 6.84. The third-order valence-electron chi connectivity index (χ3n) is 3.52. The van der Waals surface area contributed by atoms with E-state index in [0.717, 1.165) is 25.9 Å². The summed E-state index contributed by atoms with van der Waals surface area (Å²) in [5.41, 5.74) is 1.25. The maximum atomic E-state index is 12.2. The number of thioether (sulfide) groups is 1. The molecule has 0 spiro atoms. The smallest absolute Gasteiger partial charge is 0.233 e.